The van der Waals surface area contributed by atoms with Crippen molar-refractivity contribution in [2.24, 2.45) is 0 Å². The summed E-state index contributed by atoms with van der Waals surface area (Å²) in [5.74, 6) is -1.79. The fourth-order valence-corrected chi connectivity index (χ4v) is 3.77. The van der Waals surface area contributed by atoms with Crippen LogP contribution in [0.1, 0.15) is 16.1 Å². The average molecular weight is 511 g/mol. The van der Waals surface area contributed by atoms with Gasteiger partial charge in [0.1, 0.15) is 11.4 Å². The summed E-state index contributed by atoms with van der Waals surface area (Å²) in [6, 6.07) is 18.1. The number of amides is 3. The van der Waals surface area contributed by atoms with Crippen LogP contribution in [0.3, 0.4) is 0 Å². The lowest BCUT2D eigenvalue weighted by atomic mass is 10.2. The van der Waals surface area contributed by atoms with Crippen LogP contribution >= 0.6 is 23.2 Å². The van der Waals surface area contributed by atoms with Crippen molar-refractivity contribution in [1.82, 2.24) is 4.68 Å². The molecule has 0 spiro atoms. The highest BCUT2D eigenvalue weighted by atomic mass is 35.5. The van der Waals surface area contributed by atoms with Crippen molar-refractivity contribution in [3.8, 4) is 5.75 Å². The zero-order valence-corrected chi connectivity index (χ0v) is 20.2. The standard InChI is InChI=1S/C25H20Cl2N4O4/c1-14-19(27)4-3-5-20(14)29-23(32)22-13-15-12-16(26)6-11-21(15)31(22)30-25(34)24(33)28-17-7-9-18(35-2)10-8-17/h3-13H,1-2H3,(H,28,33)(H,29,32)(H,30,34). The van der Waals surface area contributed by atoms with Gasteiger partial charge in [0.15, 0.2) is 0 Å². The van der Waals surface area contributed by atoms with E-state index in [0.717, 1.165) is 0 Å². The van der Waals surface area contributed by atoms with Gasteiger partial charge in [-0.25, -0.2) is 4.68 Å². The first-order chi connectivity index (χ1) is 16.8. The molecule has 0 unspecified atom stereocenters. The fraction of sp³-hybridized carbons (Fsp3) is 0.0800. The van der Waals surface area contributed by atoms with E-state index in [1.54, 1.807) is 73.7 Å². The van der Waals surface area contributed by atoms with Gasteiger partial charge >= 0.3 is 11.8 Å². The lowest BCUT2D eigenvalue weighted by Gasteiger charge is -2.14. The SMILES string of the molecule is COc1ccc(NC(=O)C(=O)Nn2c(C(=O)Nc3cccc(Cl)c3C)cc3cc(Cl)ccc32)cc1. The highest BCUT2D eigenvalue weighted by Crippen LogP contribution is 2.26. The van der Waals surface area contributed by atoms with Crippen molar-refractivity contribution in [1.29, 1.82) is 0 Å². The average Bonchev–Trinajstić information content (AvgIpc) is 3.19. The predicted octanol–water partition coefficient (Wildman–Crippen LogP) is 5.23. The van der Waals surface area contributed by atoms with Crippen LogP contribution in [0.25, 0.3) is 10.9 Å². The highest BCUT2D eigenvalue weighted by molar-refractivity contribution is 6.42. The summed E-state index contributed by atoms with van der Waals surface area (Å²) in [4.78, 5) is 38.5. The molecule has 3 aromatic carbocycles. The van der Waals surface area contributed by atoms with Gasteiger partial charge in [0.25, 0.3) is 5.91 Å². The van der Waals surface area contributed by atoms with Crippen molar-refractivity contribution in [3.63, 3.8) is 0 Å². The first kappa shape index (κ1) is 24.1. The van der Waals surface area contributed by atoms with Crippen molar-refractivity contribution >= 4 is 63.2 Å². The Morgan fingerprint density at radius 3 is 2.34 bits per heavy atom. The maximum atomic E-state index is 13.2. The van der Waals surface area contributed by atoms with E-state index in [-0.39, 0.29) is 5.69 Å². The van der Waals surface area contributed by atoms with E-state index in [4.69, 9.17) is 27.9 Å². The minimum absolute atomic E-state index is 0.0900. The number of anilines is 2. The molecule has 1 aromatic heterocycles. The van der Waals surface area contributed by atoms with Crippen LogP contribution in [0.15, 0.2) is 66.7 Å². The summed E-state index contributed by atoms with van der Waals surface area (Å²) in [6.07, 6.45) is 0. The van der Waals surface area contributed by atoms with E-state index in [0.29, 0.717) is 43.6 Å². The third-order valence-electron chi connectivity index (χ3n) is 5.28. The third kappa shape index (κ3) is 5.24. The minimum Gasteiger partial charge on any atom is -0.497 e. The van der Waals surface area contributed by atoms with Gasteiger partial charge in [0.2, 0.25) is 0 Å². The van der Waals surface area contributed by atoms with E-state index in [1.807, 2.05) is 0 Å². The Labute approximate surface area is 210 Å². The summed E-state index contributed by atoms with van der Waals surface area (Å²) in [5.41, 5.74) is 4.68. The Kier molecular flexibility index (Phi) is 6.95. The third-order valence-corrected chi connectivity index (χ3v) is 5.92. The summed E-state index contributed by atoms with van der Waals surface area (Å²) in [5, 5.41) is 6.86. The van der Waals surface area contributed by atoms with E-state index >= 15 is 0 Å². The summed E-state index contributed by atoms with van der Waals surface area (Å²) in [6.45, 7) is 1.78. The molecule has 8 nitrogen and oxygen atoms in total. The molecule has 0 aliphatic carbocycles. The number of fused-ring (bicyclic) bond motifs is 1. The molecule has 3 N–H and O–H groups in total. The van der Waals surface area contributed by atoms with E-state index < -0.39 is 17.7 Å². The lowest BCUT2D eigenvalue weighted by molar-refractivity contribution is -0.133. The maximum absolute atomic E-state index is 13.2. The van der Waals surface area contributed by atoms with Crippen LogP contribution in [0.5, 0.6) is 5.75 Å². The number of nitrogens with zero attached hydrogens (tertiary/aromatic N) is 1. The molecular formula is C25H20Cl2N4O4. The molecule has 4 aromatic rings. The minimum atomic E-state index is -0.971. The number of aromatic nitrogens is 1. The van der Waals surface area contributed by atoms with Crippen molar-refractivity contribution in [3.05, 3.63) is 88.0 Å². The van der Waals surface area contributed by atoms with Gasteiger partial charge in [-0.1, -0.05) is 29.3 Å². The van der Waals surface area contributed by atoms with Crippen LogP contribution < -0.4 is 20.8 Å². The summed E-state index contributed by atoms with van der Waals surface area (Å²) >= 11 is 12.3. The van der Waals surface area contributed by atoms with Crippen LogP contribution in [0, 0.1) is 6.92 Å². The quantitative estimate of drug-likeness (QED) is 0.320. The normalized spacial score (nSPS) is 10.6. The van der Waals surface area contributed by atoms with Crippen LogP contribution in [0.2, 0.25) is 10.0 Å². The van der Waals surface area contributed by atoms with Gasteiger partial charge in [-0.3, -0.25) is 19.8 Å². The van der Waals surface area contributed by atoms with Gasteiger partial charge in [-0.05, 0) is 73.2 Å². The number of hydrogen-bond donors (Lipinski definition) is 3. The van der Waals surface area contributed by atoms with E-state index in [2.05, 4.69) is 16.1 Å². The molecule has 0 fully saturated rings. The molecule has 0 saturated carbocycles. The summed E-state index contributed by atoms with van der Waals surface area (Å²) < 4.78 is 6.33. The molecule has 35 heavy (non-hydrogen) atoms. The maximum Gasteiger partial charge on any atom is 0.328 e. The number of halogens is 2. The molecule has 0 saturated heterocycles. The van der Waals surface area contributed by atoms with Crippen molar-refractivity contribution < 1.29 is 19.1 Å². The molecule has 0 atom stereocenters. The summed E-state index contributed by atoms with van der Waals surface area (Å²) in [7, 11) is 1.52. The number of carbonyl (C=O) groups is 3. The lowest BCUT2D eigenvalue weighted by Crippen LogP contribution is -2.36. The van der Waals surface area contributed by atoms with E-state index in [9.17, 15) is 14.4 Å². The number of benzene rings is 3. The largest absolute Gasteiger partial charge is 0.497 e. The number of carbonyl (C=O) groups excluding carboxylic acids is 3. The smallest absolute Gasteiger partial charge is 0.328 e. The van der Waals surface area contributed by atoms with Crippen molar-refractivity contribution in [2.45, 2.75) is 6.92 Å². The second-order valence-corrected chi connectivity index (χ2v) is 8.40. The first-order valence-corrected chi connectivity index (χ1v) is 11.2. The van der Waals surface area contributed by atoms with Gasteiger partial charge in [-0.2, -0.15) is 0 Å². The van der Waals surface area contributed by atoms with Crippen LogP contribution in [-0.2, 0) is 9.59 Å². The number of ether oxygens (including phenoxy) is 1. The zero-order valence-electron chi connectivity index (χ0n) is 18.7. The van der Waals surface area contributed by atoms with Crippen LogP contribution in [-0.4, -0.2) is 29.5 Å². The van der Waals surface area contributed by atoms with Crippen molar-refractivity contribution in [2.75, 3.05) is 23.2 Å². The molecule has 0 aliphatic rings. The Bertz CT molecular complexity index is 1450. The Balaban J connectivity index is 1.62. The highest BCUT2D eigenvalue weighted by Gasteiger charge is 2.22. The molecule has 3 amide bonds. The topological polar surface area (TPSA) is 101 Å². The Hall–Kier alpha value is -4.01. The van der Waals surface area contributed by atoms with Gasteiger partial charge in [0, 0.05) is 26.8 Å². The molecule has 178 valence electrons. The second kappa shape index (κ2) is 10.1. The molecule has 4 rings (SSSR count). The molecule has 0 radical (unpaired) electrons. The fourth-order valence-electron chi connectivity index (χ4n) is 3.42. The van der Waals surface area contributed by atoms with Gasteiger partial charge < -0.3 is 15.4 Å². The Morgan fingerprint density at radius 1 is 0.886 bits per heavy atom. The predicted molar refractivity (Wildman–Crippen MR) is 137 cm³/mol. The molecule has 10 heteroatoms. The van der Waals surface area contributed by atoms with Crippen LogP contribution in [0.4, 0.5) is 11.4 Å². The van der Waals surface area contributed by atoms with Gasteiger partial charge in [0.05, 0.1) is 12.6 Å². The second-order valence-electron chi connectivity index (χ2n) is 7.56. The zero-order chi connectivity index (χ0) is 25.1. The molecule has 0 aliphatic heterocycles. The number of nitrogens with one attached hydrogen (secondary N) is 3. The number of hydrogen-bond acceptors (Lipinski definition) is 4. The molecular weight excluding hydrogens is 491 g/mol. The van der Waals surface area contributed by atoms with E-state index in [1.165, 1.54) is 11.8 Å². The molecule has 1 heterocycles. The monoisotopic (exact) mass is 510 g/mol. The van der Waals surface area contributed by atoms with Gasteiger partial charge in [-0.15, -0.1) is 0 Å². The Morgan fingerprint density at radius 2 is 1.63 bits per heavy atom. The number of rotatable bonds is 5. The number of methoxy groups -OCH3 is 1. The first-order valence-electron chi connectivity index (χ1n) is 10.4. The molecule has 0 bridgehead atoms.